The van der Waals surface area contributed by atoms with Gasteiger partial charge in [-0.15, -0.1) is 0 Å². The molecule has 54 valence electrons. The first-order valence-corrected chi connectivity index (χ1v) is 3.35. The number of hydrogen-bond donors (Lipinski definition) is 2. The molecule has 3 N–H and O–H groups in total. The maximum Gasteiger partial charge on any atom is 0.0196 e. The van der Waals surface area contributed by atoms with Crippen molar-refractivity contribution in [3.05, 3.63) is 36.1 Å². The Labute approximate surface area is 61.1 Å². The smallest absolute Gasteiger partial charge is 0.0196 e. The molecule has 0 saturated carbocycles. The van der Waals surface area contributed by atoms with Crippen LogP contribution in [0.5, 0.6) is 0 Å². The molecule has 0 atom stereocenters. The number of nitrogens with one attached hydrogen (secondary N) is 1. The van der Waals surface area contributed by atoms with Crippen LogP contribution in [-0.2, 0) is 0 Å². The van der Waals surface area contributed by atoms with E-state index in [1.807, 2.05) is 13.0 Å². The fourth-order valence-electron chi connectivity index (χ4n) is 0.822. The SMILES string of the molecule is C/C=C(\C=C/NN)C1C=C1. The molecule has 0 aromatic carbocycles. The van der Waals surface area contributed by atoms with E-state index in [9.17, 15) is 0 Å². The van der Waals surface area contributed by atoms with Crippen LogP contribution in [0.4, 0.5) is 0 Å². The summed E-state index contributed by atoms with van der Waals surface area (Å²) in [7, 11) is 0. The van der Waals surface area contributed by atoms with Crippen molar-refractivity contribution < 1.29 is 0 Å². The number of rotatable bonds is 3. The second kappa shape index (κ2) is 3.22. The lowest BCUT2D eigenvalue weighted by Crippen LogP contribution is -2.12. The second-order valence-electron chi connectivity index (χ2n) is 2.20. The van der Waals surface area contributed by atoms with E-state index in [2.05, 4.69) is 23.7 Å². The van der Waals surface area contributed by atoms with Crippen molar-refractivity contribution in [2.75, 3.05) is 0 Å². The molecule has 0 amide bonds. The quantitative estimate of drug-likeness (QED) is 0.264. The molecule has 0 aliphatic heterocycles. The standard InChI is InChI=1S/C8H12N2/c1-2-7(5-6-10-9)8-3-4-8/h2-6,8,10H,9H2,1H3/b6-5-,7-2+. The molecule has 0 heterocycles. The zero-order valence-electron chi connectivity index (χ0n) is 6.04. The molecule has 1 aliphatic carbocycles. The highest BCUT2D eigenvalue weighted by molar-refractivity contribution is 5.36. The predicted molar refractivity (Wildman–Crippen MR) is 42.9 cm³/mol. The minimum atomic E-state index is 0.564. The van der Waals surface area contributed by atoms with Gasteiger partial charge in [0.15, 0.2) is 0 Å². The first kappa shape index (κ1) is 7.09. The van der Waals surface area contributed by atoms with Crippen LogP contribution in [0.2, 0.25) is 0 Å². The molecule has 2 nitrogen and oxygen atoms in total. The molecule has 2 heteroatoms. The van der Waals surface area contributed by atoms with Gasteiger partial charge in [-0.2, -0.15) is 0 Å². The minimum Gasteiger partial charge on any atom is -0.331 e. The molecular formula is C8H12N2. The van der Waals surface area contributed by atoms with Gasteiger partial charge in [0.1, 0.15) is 0 Å². The number of hydrazine groups is 1. The van der Waals surface area contributed by atoms with E-state index in [4.69, 9.17) is 5.84 Å². The van der Waals surface area contributed by atoms with E-state index >= 15 is 0 Å². The maximum absolute atomic E-state index is 5.07. The summed E-state index contributed by atoms with van der Waals surface area (Å²) in [6, 6.07) is 0. The molecule has 0 radical (unpaired) electrons. The Morgan fingerprint density at radius 1 is 1.60 bits per heavy atom. The summed E-state index contributed by atoms with van der Waals surface area (Å²) in [5.74, 6) is 5.63. The molecule has 0 bridgehead atoms. The highest BCUT2D eigenvalue weighted by Gasteiger charge is 2.12. The van der Waals surface area contributed by atoms with Crippen molar-refractivity contribution in [2.45, 2.75) is 6.92 Å². The average molecular weight is 136 g/mol. The van der Waals surface area contributed by atoms with Gasteiger partial charge >= 0.3 is 0 Å². The van der Waals surface area contributed by atoms with Crippen LogP contribution in [0.25, 0.3) is 0 Å². The highest BCUT2D eigenvalue weighted by Crippen LogP contribution is 2.25. The number of nitrogens with two attached hydrogens (primary N) is 1. The van der Waals surface area contributed by atoms with E-state index in [-0.39, 0.29) is 0 Å². The fraction of sp³-hybridized carbons (Fsp3) is 0.250. The van der Waals surface area contributed by atoms with Crippen LogP contribution in [0, 0.1) is 5.92 Å². The Morgan fingerprint density at radius 2 is 2.30 bits per heavy atom. The van der Waals surface area contributed by atoms with Gasteiger partial charge in [-0.25, -0.2) is 0 Å². The molecule has 1 aliphatic rings. The van der Waals surface area contributed by atoms with Gasteiger partial charge in [0, 0.05) is 12.1 Å². The number of hydrogen-bond acceptors (Lipinski definition) is 2. The van der Waals surface area contributed by atoms with Crippen molar-refractivity contribution in [2.24, 2.45) is 11.8 Å². The summed E-state index contributed by atoms with van der Waals surface area (Å²) in [4.78, 5) is 0. The summed E-state index contributed by atoms with van der Waals surface area (Å²) in [5, 5.41) is 0. The topological polar surface area (TPSA) is 38.0 Å². The van der Waals surface area contributed by atoms with Crippen LogP contribution in [-0.4, -0.2) is 0 Å². The van der Waals surface area contributed by atoms with Crippen molar-refractivity contribution in [1.82, 2.24) is 5.43 Å². The van der Waals surface area contributed by atoms with Crippen molar-refractivity contribution in [3.8, 4) is 0 Å². The number of allylic oxidation sites excluding steroid dienone is 5. The van der Waals surface area contributed by atoms with Gasteiger partial charge in [0.25, 0.3) is 0 Å². The van der Waals surface area contributed by atoms with Crippen molar-refractivity contribution in [3.63, 3.8) is 0 Å². The molecular weight excluding hydrogens is 124 g/mol. The minimum absolute atomic E-state index is 0.564. The summed E-state index contributed by atoms with van der Waals surface area (Å²) in [5.41, 5.74) is 3.76. The van der Waals surface area contributed by atoms with Gasteiger partial charge in [0.05, 0.1) is 0 Å². The molecule has 0 fully saturated rings. The Balaban J connectivity index is 2.41. The van der Waals surface area contributed by atoms with Gasteiger partial charge in [-0.3, -0.25) is 5.84 Å². The normalized spacial score (nSPS) is 18.4. The molecule has 1 rings (SSSR count). The average Bonchev–Trinajstić information content (AvgIpc) is 2.73. The van der Waals surface area contributed by atoms with E-state index in [1.165, 1.54) is 5.57 Å². The Bertz CT molecular complexity index is 183. The third-order valence-corrected chi connectivity index (χ3v) is 1.48. The van der Waals surface area contributed by atoms with Crippen LogP contribution in [0.1, 0.15) is 6.92 Å². The Kier molecular flexibility index (Phi) is 2.29. The lowest BCUT2D eigenvalue weighted by Gasteiger charge is -1.95. The van der Waals surface area contributed by atoms with E-state index in [0.29, 0.717) is 5.92 Å². The summed E-state index contributed by atoms with van der Waals surface area (Å²) >= 11 is 0. The lowest BCUT2D eigenvalue weighted by atomic mass is 10.1. The molecule has 0 aromatic heterocycles. The first-order valence-electron chi connectivity index (χ1n) is 3.35. The molecule has 10 heavy (non-hydrogen) atoms. The summed E-state index contributed by atoms with van der Waals surface area (Å²) in [6.07, 6.45) is 10.1. The van der Waals surface area contributed by atoms with Gasteiger partial charge in [-0.05, 0) is 18.6 Å². The van der Waals surface area contributed by atoms with Gasteiger partial charge in [0.2, 0.25) is 0 Å². The molecule has 0 saturated heterocycles. The first-order chi connectivity index (χ1) is 4.88. The zero-order chi connectivity index (χ0) is 7.40. The van der Waals surface area contributed by atoms with Gasteiger partial charge < -0.3 is 5.43 Å². The van der Waals surface area contributed by atoms with E-state index in [1.54, 1.807) is 6.20 Å². The largest absolute Gasteiger partial charge is 0.331 e. The second-order valence-corrected chi connectivity index (χ2v) is 2.20. The Hall–Kier alpha value is -1.02. The van der Waals surface area contributed by atoms with Crippen LogP contribution < -0.4 is 11.3 Å². The van der Waals surface area contributed by atoms with Crippen molar-refractivity contribution >= 4 is 0 Å². The van der Waals surface area contributed by atoms with E-state index in [0.717, 1.165) is 0 Å². The summed E-state index contributed by atoms with van der Waals surface area (Å²) in [6.45, 7) is 2.02. The maximum atomic E-state index is 5.07. The highest BCUT2D eigenvalue weighted by atomic mass is 15.2. The van der Waals surface area contributed by atoms with Crippen LogP contribution in [0.15, 0.2) is 36.1 Å². The van der Waals surface area contributed by atoms with Crippen molar-refractivity contribution in [1.29, 1.82) is 0 Å². The Morgan fingerprint density at radius 3 is 2.70 bits per heavy atom. The molecule has 0 unspecified atom stereocenters. The van der Waals surface area contributed by atoms with E-state index < -0.39 is 0 Å². The third kappa shape index (κ3) is 1.74. The van der Waals surface area contributed by atoms with Crippen LogP contribution >= 0.6 is 0 Å². The zero-order valence-corrected chi connectivity index (χ0v) is 6.04. The lowest BCUT2D eigenvalue weighted by molar-refractivity contribution is 0.961. The summed E-state index contributed by atoms with van der Waals surface area (Å²) < 4.78 is 0. The molecule has 0 spiro atoms. The van der Waals surface area contributed by atoms with Gasteiger partial charge in [-0.1, -0.05) is 18.2 Å². The molecule has 0 aromatic rings. The fourth-order valence-corrected chi connectivity index (χ4v) is 0.822. The van der Waals surface area contributed by atoms with Crippen LogP contribution in [0.3, 0.4) is 0 Å². The third-order valence-electron chi connectivity index (χ3n) is 1.48. The predicted octanol–water partition coefficient (Wildman–Crippen LogP) is 1.10. The monoisotopic (exact) mass is 136 g/mol.